The zero-order valence-electron chi connectivity index (χ0n) is 15.2. The average Bonchev–Trinajstić information content (AvgIpc) is 3.08. The average molecular weight is 411 g/mol. The second kappa shape index (κ2) is 7.30. The molecule has 140 valence electrons. The van der Waals surface area contributed by atoms with E-state index < -0.39 is 0 Å². The number of amides is 1. The maximum atomic E-state index is 12.7. The molecule has 0 spiro atoms. The zero-order chi connectivity index (χ0) is 19.8. The Hall–Kier alpha value is -2.82. The lowest BCUT2D eigenvalue weighted by molar-refractivity contribution is 0.102. The Morgan fingerprint density at radius 1 is 1.04 bits per heavy atom. The summed E-state index contributed by atoms with van der Waals surface area (Å²) in [6.45, 7) is 3.92. The summed E-state index contributed by atoms with van der Waals surface area (Å²) in [5.74, 6) is 0.177. The molecule has 4 nitrogen and oxygen atoms in total. The molecular weight excluding hydrogens is 395 g/mol. The largest absolute Gasteiger partial charge is 0.436 e. The topological polar surface area (TPSA) is 55.1 Å². The summed E-state index contributed by atoms with van der Waals surface area (Å²) in [6, 6.07) is 16.4. The van der Waals surface area contributed by atoms with Gasteiger partial charge in [-0.2, -0.15) is 0 Å². The lowest BCUT2D eigenvalue weighted by Crippen LogP contribution is -2.13. The van der Waals surface area contributed by atoms with Gasteiger partial charge >= 0.3 is 0 Å². The third-order valence-corrected chi connectivity index (χ3v) is 5.37. The Bertz CT molecular complexity index is 1210. The molecule has 1 aromatic heterocycles. The van der Waals surface area contributed by atoms with E-state index in [1.165, 1.54) is 0 Å². The van der Waals surface area contributed by atoms with Gasteiger partial charge in [0, 0.05) is 11.3 Å². The maximum Gasteiger partial charge on any atom is 0.257 e. The number of carbonyl (C=O) groups excluding carboxylic acids is 1. The number of aromatic nitrogens is 1. The molecule has 0 fully saturated rings. The standard InChI is InChI=1S/C22H16Cl2N2O2/c1-12-9-10-19-18(11-12)26-22(28-19)14-5-4-8-17(13(14)2)25-21(27)15-6-3-7-16(23)20(15)24/h3-11H,1-2H3,(H,25,27). The van der Waals surface area contributed by atoms with Crippen molar-refractivity contribution in [1.29, 1.82) is 0 Å². The molecule has 0 bridgehead atoms. The Labute approximate surface area is 172 Å². The number of nitrogens with one attached hydrogen (secondary N) is 1. The highest BCUT2D eigenvalue weighted by Gasteiger charge is 2.17. The number of aryl methyl sites for hydroxylation is 1. The van der Waals surface area contributed by atoms with E-state index in [-0.39, 0.29) is 10.9 Å². The van der Waals surface area contributed by atoms with Gasteiger partial charge in [-0.1, -0.05) is 41.4 Å². The molecule has 4 aromatic rings. The van der Waals surface area contributed by atoms with Crippen LogP contribution in [-0.2, 0) is 0 Å². The van der Waals surface area contributed by atoms with Crippen LogP contribution in [0.3, 0.4) is 0 Å². The summed E-state index contributed by atoms with van der Waals surface area (Å²) in [5.41, 5.74) is 5.26. The van der Waals surface area contributed by atoms with Gasteiger partial charge in [0.2, 0.25) is 5.89 Å². The SMILES string of the molecule is Cc1ccc2oc(-c3cccc(NC(=O)c4cccc(Cl)c4Cl)c3C)nc2c1. The van der Waals surface area contributed by atoms with Crippen molar-refractivity contribution in [2.75, 3.05) is 5.32 Å². The van der Waals surface area contributed by atoms with Crippen molar-refractivity contribution in [3.8, 4) is 11.5 Å². The van der Waals surface area contributed by atoms with Crippen molar-refractivity contribution in [3.63, 3.8) is 0 Å². The van der Waals surface area contributed by atoms with E-state index in [4.69, 9.17) is 27.6 Å². The lowest BCUT2D eigenvalue weighted by atomic mass is 10.1. The van der Waals surface area contributed by atoms with Crippen molar-refractivity contribution in [2.45, 2.75) is 13.8 Å². The zero-order valence-corrected chi connectivity index (χ0v) is 16.7. The summed E-state index contributed by atoms with van der Waals surface area (Å²) in [6.07, 6.45) is 0. The van der Waals surface area contributed by atoms with Gasteiger partial charge in [-0.3, -0.25) is 4.79 Å². The summed E-state index contributed by atoms with van der Waals surface area (Å²) in [5, 5.41) is 3.46. The van der Waals surface area contributed by atoms with Gasteiger partial charge in [-0.15, -0.1) is 0 Å². The molecule has 0 aliphatic rings. The molecule has 1 heterocycles. The Morgan fingerprint density at radius 2 is 1.82 bits per heavy atom. The van der Waals surface area contributed by atoms with E-state index in [9.17, 15) is 4.79 Å². The summed E-state index contributed by atoms with van der Waals surface area (Å²) >= 11 is 12.2. The van der Waals surface area contributed by atoms with Gasteiger partial charge in [-0.25, -0.2) is 4.98 Å². The normalized spacial score (nSPS) is 11.0. The fourth-order valence-electron chi connectivity index (χ4n) is 3.02. The molecule has 3 aromatic carbocycles. The van der Waals surface area contributed by atoms with Crippen LogP contribution >= 0.6 is 23.2 Å². The third-order valence-electron chi connectivity index (χ3n) is 4.55. The first kappa shape index (κ1) is 18.5. The van der Waals surface area contributed by atoms with Crippen molar-refractivity contribution >= 4 is 45.9 Å². The van der Waals surface area contributed by atoms with Crippen LogP contribution in [0.1, 0.15) is 21.5 Å². The molecule has 4 rings (SSSR count). The quantitative estimate of drug-likeness (QED) is 0.410. The molecule has 28 heavy (non-hydrogen) atoms. The molecule has 0 atom stereocenters. The van der Waals surface area contributed by atoms with Gasteiger partial charge in [0.05, 0.1) is 15.6 Å². The van der Waals surface area contributed by atoms with Crippen LogP contribution in [0.4, 0.5) is 5.69 Å². The van der Waals surface area contributed by atoms with Crippen LogP contribution in [0.2, 0.25) is 10.0 Å². The molecule has 0 aliphatic heterocycles. The predicted octanol–water partition coefficient (Wildman–Crippen LogP) is 6.67. The van der Waals surface area contributed by atoms with E-state index in [0.29, 0.717) is 22.2 Å². The van der Waals surface area contributed by atoms with Crippen LogP contribution in [0.25, 0.3) is 22.6 Å². The van der Waals surface area contributed by atoms with E-state index >= 15 is 0 Å². The van der Waals surface area contributed by atoms with Crippen molar-refractivity contribution in [2.24, 2.45) is 0 Å². The van der Waals surface area contributed by atoms with Crippen LogP contribution in [-0.4, -0.2) is 10.9 Å². The highest BCUT2D eigenvalue weighted by molar-refractivity contribution is 6.44. The van der Waals surface area contributed by atoms with Crippen LogP contribution in [0.15, 0.2) is 59.0 Å². The van der Waals surface area contributed by atoms with Gasteiger partial charge in [0.25, 0.3) is 5.91 Å². The molecule has 0 aliphatic carbocycles. The second-order valence-electron chi connectivity index (χ2n) is 6.52. The molecule has 1 N–H and O–H groups in total. The smallest absolute Gasteiger partial charge is 0.257 e. The molecule has 0 radical (unpaired) electrons. The summed E-state index contributed by atoms with van der Waals surface area (Å²) < 4.78 is 5.91. The maximum absolute atomic E-state index is 12.7. The first-order valence-corrected chi connectivity index (χ1v) is 9.42. The molecule has 0 unspecified atom stereocenters. The van der Waals surface area contributed by atoms with Crippen LogP contribution < -0.4 is 5.32 Å². The number of nitrogens with zero attached hydrogens (tertiary/aromatic N) is 1. The summed E-state index contributed by atoms with van der Waals surface area (Å²) in [4.78, 5) is 17.3. The van der Waals surface area contributed by atoms with E-state index in [1.54, 1.807) is 18.2 Å². The third kappa shape index (κ3) is 3.37. The minimum atomic E-state index is -0.332. The molecule has 1 amide bonds. The van der Waals surface area contributed by atoms with E-state index in [1.807, 2.05) is 50.2 Å². The molecular formula is C22H16Cl2N2O2. The van der Waals surface area contributed by atoms with Gasteiger partial charge in [0.15, 0.2) is 5.58 Å². The number of rotatable bonds is 3. The fraction of sp³-hybridized carbons (Fsp3) is 0.0909. The van der Waals surface area contributed by atoms with Gasteiger partial charge < -0.3 is 9.73 Å². The summed E-state index contributed by atoms with van der Waals surface area (Å²) in [7, 11) is 0. The van der Waals surface area contributed by atoms with E-state index in [2.05, 4.69) is 10.3 Å². The van der Waals surface area contributed by atoms with Crippen LogP contribution in [0.5, 0.6) is 0 Å². The van der Waals surface area contributed by atoms with Crippen molar-refractivity contribution in [1.82, 2.24) is 4.98 Å². The number of anilines is 1. The molecule has 0 saturated carbocycles. The number of halogens is 2. The number of carbonyl (C=O) groups is 1. The first-order chi connectivity index (χ1) is 13.4. The number of hydrogen-bond donors (Lipinski definition) is 1. The van der Waals surface area contributed by atoms with Gasteiger partial charge in [0.1, 0.15) is 5.52 Å². The minimum Gasteiger partial charge on any atom is -0.436 e. The predicted molar refractivity (Wildman–Crippen MR) is 113 cm³/mol. The van der Waals surface area contributed by atoms with E-state index in [0.717, 1.165) is 27.8 Å². The van der Waals surface area contributed by atoms with Gasteiger partial charge in [-0.05, 0) is 61.4 Å². The number of oxazole rings is 1. The van der Waals surface area contributed by atoms with Crippen molar-refractivity contribution < 1.29 is 9.21 Å². The minimum absolute atomic E-state index is 0.227. The van der Waals surface area contributed by atoms with Crippen molar-refractivity contribution in [3.05, 3.63) is 81.3 Å². The second-order valence-corrected chi connectivity index (χ2v) is 7.31. The Morgan fingerprint density at radius 3 is 2.64 bits per heavy atom. The molecule has 6 heteroatoms. The molecule has 0 saturated heterocycles. The fourth-order valence-corrected chi connectivity index (χ4v) is 3.41. The number of hydrogen-bond acceptors (Lipinski definition) is 3. The monoisotopic (exact) mass is 410 g/mol. The van der Waals surface area contributed by atoms with Crippen LogP contribution in [0, 0.1) is 13.8 Å². The lowest BCUT2D eigenvalue weighted by Gasteiger charge is -2.12. The highest BCUT2D eigenvalue weighted by Crippen LogP contribution is 2.32. The highest BCUT2D eigenvalue weighted by atomic mass is 35.5. The Balaban J connectivity index is 1.70. The first-order valence-electron chi connectivity index (χ1n) is 8.66. The number of fused-ring (bicyclic) bond motifs is 1. The Kier molecular flexibility index (Phi) is 4.84. The number of benzene rings is 3.